The van der Waals surface area contributed by atoms with Crippen molar-refractivity contribution in [2.75, 3.05) is 67.5 Å². The molecule has 0 unspecified atom stereocenters. The van der Waals surface area contributed by atoms with Crippen molar-refractivity contribution in [3.63, 3.8) is 0 Å². The molecule has 0 radical (unpaired) electrons. The Kier molecular flexibility index (Phi) is 7.09. The van der Waals surface area contributed by atoms with Crippen molar-refractivity contribution in [3.05, 3.63) is 0 Å². The summed E-state index contributed by atoms with van der Waals surface area (Å²) in [5, 5.41) is 12.1. The number of nitrogens with one attached hydrogen (secondary N) is 1. The van der Waals surface area contributed by atoms with Gasteiger partial charge < -0.3 is 19.8 Å². The summed E-state index contributed by atoms with van der Waals surface area (Å²) in [5.74, 6) is 0. The standard InChI is InChI=1S/C10H26N3O/c1-12(8-10-14)7-5-11-6-9-13(2,3)4/h11,14H,5-10H2,1-4H3/q+1. The third-order valence-corrected chi connectivity index (χ3v) is 2.11. The molecule has 0 bridgehead atoms. The molecule has 86 valence electrons. The van der Waals surface area contributed by atoms with Gasteiger partial charge in [0, 0.05) is 26.2 Å². The van der Waals surface area contributed by atoms with E-state index in [-0.39, 0.29) is 6.61 Å². The summed E-state index contributed by atoms with van der Waals surface area (Å²) >= 11 is 0. The van der Waals surface area contributed by atoms with Gasteiger partial charge in [0.15, 0.2) is 0 Å². The van der Waals surface area contributed by atoms with Crippen LogP contribution in [0.4, 0.5) is 0 Å². The van der Waals surface area contributed by atoms with E-state index in [0.717, 1.165) is 37.2 Å². The lowest BCUT2D eigenvalue weighted by molar-refractivity contribution is -0.869. The normalized spacial score (nSPS) is 12.4. The van der Waals surface area contributed by atoms with E-state index in [1.165, 1.54) is 0 Å². The molecule has 0 aromatic carbocycles. The SMILES string of the molecule is CN(CCO)CCNCC[N+](C)(C)C. The van der Waals surface area contributed by atoms with Crippen molar-refractivity contribution in [3.8, 4) is 0 Å². The number of quaternary nitrogens is 1. The Morgan fingerprint density at radius 2 is 1.79 bits per heavy atom. The summed E-state index contributed by atoms with van der Waals surface area (Å²) in [6.07, 6.45) is 0. The first-order chi connectivity index (χ1) is 6.45. The van der Waals surface area contributed by atoms with Gasteiger partial charge in [0.1, 0.15) is 0 Å². The van der Waals surface area contributed by atoms with Crippen LogP contribution in [0, 0.1) is 0 Å². The van der Waals surface area contributed by atoms with Crippen molar-refractivity contribution in [2.24, 2.45) is 0 Å². The molecule has 0 fully saturated rings. The Bertz CT molecular complexity index is 134. The Balaban J connectivity index is 3.21. The van der Waals surface area contributed by atoms with Crippen molar-refractivity contribution in [1.29, 1.82) is 0 Å². The maximum absolute atomic E-state index is 8.68. The highest BCUT2D eigenvalue weighted by atomic mass is 16.3. The van der Waals surface area contributed by atoms with E-state index in [1.807, 2.05) is 7.05 Å². The quantitative estimate of drug-likeness (QED) is 0.402. The third kappa shape index (κ3) is 9.92. The second-order valence-corrected chi connectivity index (χ2v) is 4.79. The van der Waals surface area contributed by atoms with Crippen LogP contribution in [0.5, 0.6) is 0 Å². The van der Waals surface area contributed by atoms with Crippen LogP contribution in [-0.2, 0) is 0 Å². The molecule has 0 aromatic rings. The molecule has 0 amide bonds. The molecule has 4 nitrogen and oxygen atoms in total. The highest BCUT2D eigenvalue weighted by Crippen LogP contribution is 1.86. The number of nitrogens with zero attached hydrogens (tertiary/aromatic N) is 2. The number of aliphatic hydroxyl groups excluding tert-OH is 1. The summed E-state index contributed by atoms with van der Waals surface area (Å²) in [7, 11) is 8.61. The zero-order valence-electron chi connectivity index (χ0n) is 10.1. The zero-order chi connectivity index (χ0) is 11.0. The predicted octanol–water partition coefficient (Wildman–Crippen LogP) is -0.794. The highest BCUT2D eigenvalue weighted by Gasteiger charge is 2.04. The minimum absolute atomic E-state index is 0.245. The third-order valence-electron chi connectivity index (χ3n) is 2.11. The number of hydrogen-bond acceptors (Lipinski definition) is 3. The van der Waals surface area contributed by atoms with Gasteiger partial charge in [-0.3, -0.25) is 0 Å². The largest absolute Gasteiger partial charge is 0.395 e. The average molecular weight is 204 g/mol. The van der Waals surface area contributed by atoms with Crippen LogP contribution in [-0.4, -0.2) is 82.0 Å². The van der Waals surface area contributed by atoms with E-state index in [1.54, 1.807) is 0 Å². The second-order valence-electron chi connectivity index (χ2n) is 4.79. The van der Waals surface area contributed by atoms with Gasteiger partial charge in [-0.15, -0.1) is 0 Å². The van der Waals surface area contributed by atoms with Gasteiger partial charge >= 0.3 is 0 Å². The fourth-order valence-corrected chi connectivity index (χ4v) is 1.09. The van der Waals surface area contributed by atoms with Crippen LogP contribution < -0.4 is 5.32 Å². The molecule has 0 aliphatic heterocycles. The Morgan fingerprint density at radius 1 is 1.14 bits per heavy atom. The smallest absolute Gasteiger partial charge is 0.0907 e. The van der Waals surface area contributed by atoms with E-state index in [9.17, 15) is 0 Å². The van der Waals surface area contributed by atoms with Crippen LogP contribution >= 0.6 is 0 Å². The van der Waals surface area contributed by atoms with Crippen LogP contribution in [0.1, 0.15) is 0 Å². The molecular weight excluding hydrogens is 178 g/mol. The molecule has 2 N–H and O–H groups in total. The summed E-state index contributed by atoms with van der Waals surface area (Å²) < 4.78 is 0.999. The molecule has 0 saturated heterocycles. The fraction of sp³-hybridized carbons (Fsp3) is 1.00. The summed E-state index contributed by atoms with van der Waals surface area (Å²) in [6.45, 7) is 5.20. The summed E-state index contributed by atoms with van der Waals surface area (Å²) in [6, 6.07) is 0. The minimum Gasteiger partial charge on any atom is -0.395 e. The van der Waals surface area contributed by atoms with E-state index >= 15 is 0 Å². The Hall–Kier alpha value is -0.160. The van der Waals surface area contributed by atoms with Crippen LogP contribution in [0.3, 0.4) is 0 Å². The summed E-state index contributed by atoms with van der Waals surface area (Å²) in [4.78, 5) is 2.12. The molecule has 0 aliphatic carbocycles. The summed E-state index contributed by atoms with van der Waals surface area (Å²) in [5.41, 5.74) is 0. The van der Waals surface area contributed by atoms with Crippen molar-refractivity contribution in [1.82, 2.24) is 10.2 Å². The van der Waals surface area contributed by atoms with Crippen molar-refractivity contribution in [2.45, 2.75) is 0 Å². The van der Waals surface area contributed by atoms with Gasteiger partial charge in [0.05, 0.1) is 34.3 Å². The molecule has 0 spiro atoms. The second kappa shape index (κ2) is 7.17. The van der Waals surface area contributed by atoms with Gasteiger partial charge in [-0.2, -0.15) is 0 Å². The van der Waals surface area contributed by atoms with Crippen LogP contribution in [0.15, 0.2) is 0 Å². The number of likely N-dealkylation sites (N-methyl/N-ethyl adjacent to an activating group) is 2. The Labute approximate surface area is 88.1 Å². The molecule has 0 heterocycles. The van der Waals surface area contributed by atoms with Crippen LogP contribution in [0.25, 0.3) is 0 Å². The molecule has 0 saturated carbocycles. The molecule has 0 aliphatic rings. The molecule has 4 heteroatoms. The molecule has 0 atom stereocenters. The van der Waals surface area contributed by atoms with Crippen molar-refractivity contribution >= 4 is 0 Å². The Morgan fingerprint density at radius 3 is 2.29 bits per heavy atom. The topological polar surface area (TPSA) is 35.5 Å². The van der Waals surface area contributed by atoms with Crippen molar-refractivity contribution < 1.29 is 9.59 Å². The maximum Gasteiger partial charge on any atom is 0.0907 e. The monoisotopic (exact) mass is 204 g/mol. The molecule has 0 rings (SSSR count). The van der Waals surface area contributed by atoms with E-state index in [4.69, 9.17) is 5.11 Å². The lowest BCUT2D eigenvalue weighted by Gasteiger charge is -2.24. The number of rotatable bonds is 8. The lowest BCUT2D eigenvalue weighted by Crippen LogP contribution is -2.41. The predicted molar refractivity (Wildman–Crippen MR) is 60.4 cm³/mol. The molecule has 14 heavy (non-hydrogen) atoms. The van der Waals surface area contributed by atoms with Gasteiger partial charge in [0.25, 0.3) is 0 Å². The number of aliphatic hydroxyl groups is 1. The molecular formula is C10H26N3O+. The van der Waals surface area contributed by atoms with Gasteiger partial charge in [-0.25, -0.2) is 0 Å². The minimum atomic E-state index is 0.245. The average Bonchev–Trinajstić information content (AvgIpc) is 2.02. The maximum atomic E-state index is 8.68. The first-order valence-electron chi connectivity index (χ1n) is 5.26. The van der Waals surface area contributed by atoms with Gasteiger partial charge in [0.2, 0.25) is 0 Å². The zero-order valence-corrected chi connectivity index (χ0v) is 10.1. The highest BCUT2D eigenvalue weighted by molar-refractivity contribution is 4.53. The van der Waals surface area contributed by atoms with Gasteiger partial charge in [-0.05, 0) is 7.05 Å². The van der Waals surface area contributed by atoms with Crippen LogP contribution in [0.2, 0.25) is 0 Å². The molecule has 0 aromatic heterocycles. The lowest BCUT2D eigenvalue weighted by atomic mass is 10.4. The van der Waals surface area contributed by atoms with Gasteiger partial charge in [-0.1, -0.05) is 0 Å². The first kappa shape index (κ1) is 13.8. The van der Waals surface area contributed by atoms with E-state index in [2.05, 4.69) is 31.4 Å². The van der Waals surface area contributed by atoms with E-state index in [0.29, 0.717) is 0 Å². The fourth-order valence-electron chi connectivity index (χ4n) is 1.09. The number of hydrogen-bond donors (Lipinski definition) is 2. The first-order valence-corrected chi connectivity index (χ1v) is 5.26. The van der Waals surface area contributed by atoms with E-state index < -0.39 is 0 Å².